The molecule has 0 aromatic heterocycles. The van der Waals surface area contributed by atoms with Crippen molar-refractivity contribution >= 4 is 15.8 Å². The van der Waals surface area contributed by atoms with Crippen LogP contribution in [0, 0.1) is 0 Å². The maximum Gasteiger partial charge on any atom is -0.00701 e. The molecule has 4 aromatic carbocycles. The van der Waals surface area contributed by atoms with Crippen LogP contribution in [0.4, 0.5) is 0 Å². The Hall–Kier alpha value is -2.26. The minimum Gasteiger partial charge on any atom is -0.0977 e. The second-order valence-corrected chi connectivity index (χ2v) is 14.6. The number of rotatable bonds is 15. The predicted octanol–water partition coefficient (Wildman–Crippen LogP) is 10.3. The Morgan fingerprint density at radius 3 is 0.806 bits per heavy atom. The molecule has 0 aliphatic carbocycles. The van der Waals surface area contributed by atoms with Gasteiger partial charge in [0, 0.05) is 0 Å². The molecule has 0 bridgehead atoms. The lowest BCUT2D eigenvalue weighted by Gasteiger charge is -2.19. The van der Waals surface area contributed by atoms with Gasteiger partial charge in [-0.25, -0.2) is 0 Å². The Balaban J connectivity index is 1.24. The van der Waals surface area contributed by atoms with Gasteiger partial charge in [-0.15, -0.1) is 0 Å². The number of benzene rings is 4. The van der Waals surface area contributed by atoms with Gasteiger partial charge in [-0.3, -0.25) is 0 Å². The standard InChI is InChI=1S/C34H40P2/c1(15-25-35(27-31-17-7-3-8-18-31)28-32-19-9-4-10-20-32)2-16-26-36(29-33-21-11-5-12-22-33)30-34-23-13-6-14-24-34/h3-14,17-24H,1-2,15-16,25-30H2. The highest BCUT2D eigenvalue weighted by molar-refractivity contribution is 7.56. The molecule has 0 aliphatic rings. The summed E-state index contributed by atoms with van der Waals surface area (Å²) in [5, 5.41) is 0. The minimum absolute atomic E-state index is 0.00929. The quantitative estimate of drug-likeness (QED) is 0.110. The summed E-state index contributed by atoms with van der Waals surface area (Å²) in [6.07, 6.45) is 13.3. The Kier molecular flexibility index (Phi) is 11.7. The first kappa shape index (κ1) is 26.8. The van der Waals surface area contributed by atoms with Crippen molar-refractivity contribution in [2.24, 2.45) is 0 Å². The zero-order valence-electron chi connectivity index (χ0n) is 21.5. The molecule has 0 nitrogen and oxygen atoms in total. The summed E-state index contributed by atoms with van der Waals surface area (Å²) in [7, 11) is -0.0186. The van der Waals surface area contributed by atoms with Gasteiger partial charge in [0.2, 0.25) is 0 Å². The molecule has 36 heavy (non-hydrogen) atoms. The molecule has 0 saturated carbocycles. The largest absolute Gasteiger partial charge is 0.0977 e. The van der Waals surface area contributed by atoms with E-state index in [1.165, 1.54) is 84.9 Å². The van der Waals surface area contributed by atoms with Gasteiger partial charge in [-0.2, -0.15) is 0 Å². The van der Waals surface area contributed by atoms with Crippen molar-refractivity contribution < 1.29 is 0 Å². The van der Waals surface area contributed by atoms with Crippen molar-refractivity contribution in [1.82, 2.24) is 0 Å². The van der Waals surface area contributed by atoms with Crippen LogP contribution in [-0.2, 0) is 24.6 Å². The van der Waals surface area contributed by atoms with Gasteiger partial charge in [0.1, 0.15) is 0 Å². The highest BCUT2D eigenvalue weighted by Gasteiger charge is 2.12. The Labute approximate surface area is 221 Å². The van der Waals surface area contributed by atoms with Crippen molar-refractivity contribution in [2.75, 3.05) is 12.3 Å². The van der Waals surface area contributed by atoms with Crippen LogP contribution < -0.4 is 0 Å². The molecule has 0 radical (unpaired) electrons. The predicted molar refractivity (Wildman–Crippen MR) is 163 cm³/mol. The molecule has 4 rings (SSSR count). The van der Waals surface area contributed by atoms with Gasteiger partial charge in [0.25, 0.3) is 0 Å². The van der Waals surface area contributed by atoms with E-state index in [2.05, 4.69) is 121 Å². The highest BCUT2D eigenvalue weighted by Crippen LogP contribution is 2.46. The molecule has 0 amide bonds. The average molecular weight is 511 g/mol. The average Bonchev–Trinajstić information content (AvgIpc) is 2.93. The lowest BCUT2D eigenvalue weighted by molar-refractivity contribution is 0.706. The van der Waals surface area contributed by atoms with Crippen LogP contribution in [0.15, 0.2) is 121 Å². The second-order valence-electron chi connectivity index (χ2n) is 9.78. The zero-order valence-corrected chi connectivity index (χ0v) is 23.3. The molecule has 0 aliphatic heterocycles. The normalized spacial score (nSPS) is 11.3. The summed E-state index contributed by atoms with van der Waals surface area (Å²) in [6, 6.07) is 44.5. The van der Waals surface area contributed by atoms with Gasteiger partial charge in [0.05, 0.1) is 0 Å². The Morgan fingerprint density at radius 2 is 0.556 bits per heavy atom. The van der Waals surface area contributed by atoms with E-state index in [0.717, 1.165) is 0 Å². The van der Waals surface area contributed by atoms with Gasteiger partial charge in [0.15, 0.2) is 0 Å². The highest BCUT2D eigenvalue weighted by atomic mass is 31.1. The van der Waals surface area contributed by atoms with Crippen LogP contribution in [0.3, 0.4) is 0 Å². The van der Waals surface area contributed by atoms with Crippen LogP contribution >= 0.6 is 15.8 Å². The number of hydrogen-bond donors (Lipinski definition) is 0. The molecular weight excluding hydrogens is 470 g/mol. The van der Waals surface area contributed by atoms with Gasteiger partial charge < -0.3 is 0 Å². The van der Waals surface area contributed by atoms with E-state index >= 15 is 0 Å². The van der Waals surface area contributed by atoms with Crippen molar-refractivity contribution in [3.05, 3.63) is 144 Å². The van der Waals surface area contributed by atoms with Crippen LogP contribution in [0.25, 0.3) is 0 Å². The maximum atomic E-state index is 2.31. The molecule has 0 saturated heterocycles. The number of hydrogen-bond acceptors (Lipinski definition) is 0. The van der Waals surface area contributed by atoms with Crippen LogP contribution in [0.2, 0.25) is 0 Å². The summed E-state index contributed by atoms with van der Waals surface area (Å²) in [5.41, 5.74) is 6.03. The van der Waals surface area contributed by atoms with E-state index in [4.69, 9.17) is 0 Å². The molecule has 0 atom stereocenters. The van der Waals surface area contributed by atoms with Gasteiger partial charge in [-0.05, 0) is 72.1 Å². The van der Waals surface area contributed by atoms with E-state index in [-0.39, 0.29) is 15.8 Å². The van der Waals surface area contributed by atoms with Crippen molar-refractivity contribution in [2.45, 2.75) is 50.3 Å². The topological polar surface area (TPSA) is 0 Å². The Morgan fingerprint density at radius 1 is 0.306 bits per heavy atom. The van der Waals surface area contributed by atoms with Crippen LogP contribution in [0.1, 0.15) is 47.9 Å². The second kappa shape index (κ2) is 15.8. The summed E-state index contributed by atoms with van der Waals surface area (Å²) >= 11 is 0. The molecule has 2 heteroatoms. The fourth-order valence-corrected chi connectivity index (χ4v) is 9.93. The van der Waals surface area contributed by atoms with E-state index in [9.17, 15) is 0 Å². The van der Waals surface area contributed by atoms with Gasteiger partial charge >= 0.3 is 0 Å². The van der Waals surface area contributed by atoms with E-state index in [0.29, 0.717) is 0 Å². The molecule has 0 spiro atoms. The first-order valence-corrected chi connectivity index (χ1v) is 17.2. The third kappa shape index (κ3) is 10.0. The lowest BCUT2D eigenvalue weighted by atomic mass is 10.2. The summed E-state index contributed by atoms with van der Waals surface area (Å²) in [4.78, 5) is 0. The third-order valence-corrected chi connectivity index (χ3v) is 11.8. The molecule has 0 unspecified atom stereocenters. The first-order valence-electron chi connectivity index (χ1n) is 13.5. The monoisotopic (exact) mass is 510 g/mol. The van der Waals surface area contributed by atoms with Crippen molar-refractivity contribution in [3.63, 3.8) is 0 Å². The Bertz CT molecular complexity index is 907. The molecule has 0 fully saturated rings. The fraction of sp³-hybridized carbons (Fsp3) is 0.294. The molecule has 0 heterocycles. The molecule has 186 valence electrons. The lowest BCUT2D eigenvalue weighted by Crippen LogP contribution is -1.96. The number of unbranched alkanes of at least 4 members (excludes halogenated alkanes) is 3. The summed E-state index contributed by atoms with van der Waals surface area (Å²) in [6.45, 7) is 0. The zero-order chi connectivity index (χ0) is 24.7. The van der Waals surface area contributed by atoms with Crippen LogP contribution in [0.5, 0.6) is 0 Å². The van der Waals surface area contributed by atoms with Crippen LogP contribution in [-0.4, -0.2) is 12.3 Å². The van der Waals surface area contributed by atoms with Crippen molar-refractivity contribution in [1.29, 1.82) is 0 Å². The van der Waals surface area contributed by atoms with E-state index < -0.39 is 0 Å². The SMILES string of the molecule is c1ccc(CP(CCCCCCP(Cc2ccccc2)Cc2ccccc2)Cc2ccccc2)cc1. The summed E-state index contributed by atoms with van der Waals surface area (Å²) < 4.78 is 0. The van der Waals surface area contributed by atoms with E-state index in [1.807, 2.05) is 0 Å². The van der Waals surface area contributed by atoms with Crippen molar-refractivity contribution in [3.8, 4) is 0 Å². The minimum atomic E-state index is -0.00929. The van der Waals surface area contributed by atoms with Gasteiger partial charge in [-0.1, -0.05) is 150 Å². The smallest absolute Gasteiger partial charge is 0.00701 e. The third-order valence-electron chi connectivity index (χ3n) is 6.69. The summed E-state index contributed by atoms with van der Waals surface area (Å²) in [5.74, 6) is 0. The first-order chi connectivity index (χ1) is 17.8. The molecule has 4 aromatic rings. The molecular formula is C34H40P2. The maximum absolute atomic E-state index is 2.31. The fourth-order valence-electron chi connectivity index (χ4n) is 4.82. The van der Waals surface area contributed by atoms with E-state index in [1.54, 1.807) is 0 Å². The molecule has 0 N–H and O–H groups in total.